The van der Waals surface area contributed by atoms with E-state index < -0.39 is 11.6 Å². The Balaban J connectivity index is 2.53. The summed E-state index contributed by atoms with van der Waals surface area (Å²) in [6.45, 7) is 0. The molecule has 0 aliphatic rings. The van der Waals surface area contributed by atoms with Crippen molar-refractivity contribution in [2.24, 2.45) is 0 Å². The van der Waals surface area contributed by atoms with Crippen LogP contribution in [0.5, 0.6) is 0 Å². The summed E-state index contributed by atoms with van der Waals surface area (Å²) < 4.78 is 13.1. The van der Waals surface area contributed by atoms with Crippen LogP contribution in [0, 0.1) is 5.82 Å². The number of nitrogen functional groups attached to an aromatic ring is 1. The second-order valence-corrected chi connectivity index (χ2v) is 5.06. The molecule has 0 atom stereocenters. The monoisotopic (exact) mass is 317 g/mol. The Hall–Kier alpha value is -1.29. The first-order valence-electron chi connectivity index (χ1n) is 5.14. The molecule has 2 aromatic rings. The molecule has 0 bridgehead atoms. The lowest BCUT2D eigenvalue weighted by molar-refractivity contribution is 0.103. The second kappa shape index (κ2) is 5.37. The van der Waals surface area contributed by atoms with Gasteiger partial charge >= 0.3 is 0 Å². The summed E-state index contributed by atoms with van der Waals surface area (Å²) in [4.78, 5) is 12.3. The van der Waals surface area contributed by atoms with Crippen molar-refractivity contribution in [3.63, 3.8) is 0 Å². The number of halogens is 4. The van der Waals surface area contributed by atoms with Gasteiger partial charge in [-0.05, 0) is 30.3 Å². The Morgan fingerprint density at radius 3 is 2.16 bits per heavy atom. The fraction of sp³-hybridized carbons (Fsp3) is 0. The van der Waals surface area contributed by atoms with Gasteiger partial charge in [-0.2, -0.15) is 0 Å². The molecule has 98 valence electrons. The Bertz CT molecular complexity index is 650. The van der Waals surface area contributed by atoms with Gasteiger partial charge in [-0.15, -0.1) is 0 Å². The molecule has 0 saturated heterocycles. The SMILES string of the molecule is Nc1cc(C(=O)c2c(Cl)cc(Cl)cc2Cl)ccc1F. The molecule has 0 unspecified atom stereocenters. The highest BCUT2D eigenvalue weighted by atomic mass is 35.5. The van der Waals surface area contributed by atoms with Crippen molar-refractivity contribution in [3.8, 4) is 0 Å². The molecule has 0 aliphatic heterocycles. The summed E-state index contributed by atoms with van der Waals surface area (Å²) in [5.41, 5.74) is 5.61. The molecule has 0 aromatic heterocycles. The Morgan fingerprint density at radius 2 is 1.63 bits per heavy atom. The molecule has 19 heavy (non-hydrogen) atoms. The van der Waals surface area contributed by atoms with Crippen molar-refractivity contribution in [2.45, 2.75) is 0 Å². The highest BCUT2D eigenvalue weighted by Gasteiger charge is 2.18. The number of benzene rings is 2. The predicted octanol–water partition coefficient (Wildman–Crippen LogP) is 4.60. The summed E-state index contributed by atoms with van der Waals surface area (Å²) in [7, 11) is 0. The minimum absolute atomic E-state index is 0.110. The quantitative estimate of drug-likeness (QED) is 0.649. The van der Waals surface area contributed by atoms with Crippen LogP contribution in [0.1, 0.15) is 15.9 Å². The van der Waals surface area contributed by atoms with Crippen LogP contribution in [0.2, 0.25) is 15.1 Å². The molecule has 0 heterocycles. The molecule has 0 radical (unpaired) electrons. The zero-order valence-corrected chi connectivity index (χ0v) is 11.7. The maximum Gasteiger partial charge on any atom is 0.196 e. The van der Waals surface area contributed by atoms with E-state index in [0.29, 0.717) is 5.02 Å². The molecule has 6 heteroatoms. The average molecular weight is 319 g/mol. The van der Waals surface area contributed by atoms with E-state index in [0.717, 1.165) is 6.07 Å². The Kier molecular flexibility index (Phi) is 3.99. The van der Waals surface area contributed by atoms with Crippen LogP contribution < -0.4 is 5.73 Å². The number of hydrogen-bond acceptors (Lipinski definition) is 2. The van der Waals surface area contributed by atoms with E-state index in [2.05, 4.69) is 0 Å². The van der Waals surface area contributed by atoms with Gasteiger partial charge in [0.25, 0.3) is 0 Å². The van der Waals surface area contributed by atoms with Crippen molar-refractivity contribution in [2.75, 3.05) is 5.73 Å². The van der Waals surface area contributed by atoms with Crippen molar-refractivity contribution >= 4 is 46.3 Å². The first-order chi connectivity index (χ1) is 8.90. The predicted molar refractivity (Wildman–Crippen MR) is 75.7 cm³/mol. The summed E-state index contributed by atoms with van der Waals surface area (Å²) in [6, 6.07) is 6.48. The van der Waals surface area contributed by atoms with Crippen molar-refractivity contribution in [3.05, 3.63) is 62.3 Å². The average Bonchev–Trinajstić information content (AvgIpc) is 2.31. The summed E-state index contributed by atoms with van der Waals surface area (Å²) >= 11 is 17.7. The topological polar surface area (TPSA) is 43.1 Å². The third-order valence-corrected chi connectivity index (χ3v) is 3.31. The van der Waals surface area contributed by atoms with Crippen LogP contribution in [0.4, 0.5) is 10.1 Å². The van der Waals surface area contributed by atoms with Gasteiger partial charge in [-0.25, -0.2) is 4.39 Å². The molecule has 2 rings (SSSR count). The maximum atomic E-state index is 13.1. The minimum Gasteiger partial charge on any atom is -0.396 e. The van der Waals surface area contributed by atoms with Crippen LogP contribution >= 0.6 is 34.8 Å². The highest BCUT2D eigenvalue weighted by molar-refractivity contribution is 6.43. The molecule has 0 aliphatic carbocycles. The molecule has 0 amide bonds. The number of carbonyl (C=O) groups is 1. The van der Waals surface area contributed by atoms with Gasteiger partial charge in [-0.1, -0.05) is 34.8 Å². The van der Waals surface area contributed by atoms with Crippen LogP contribution in [-0.4, -0.2) is 5.78 Å². The van der Waals surface area contributed by atoms with Gasteiger partial charge in [-0.3, -0.25) is 4.79 Å². The first-order valence-corrected chi connectivity index (χ1v) is 6.28. The van der Waals surface area contributed by atoms with E-state index in [1.165, 1.54) is 24.3 Å². The molecule has 2 N–H and O–H groups in total. The smallest absolute Gasteiger partial charge is 0.196 e. The van der Waals surface area contributed by atoms with E-state index >= 15 is 0 Å². The maximum absolute atomic E-state index is 13.1. The van der Waals surface area contributed by atoms with Crippen LogP contribution in [0.3, 0.4) is 0 Å². The molecule has 0 fully saturated rings. The zero-order chi connectivity index (χ0) is 14.2. The van der Waals surface area contributed by atoms with Crippen molar-refractivity contribution in [1.29, 1.82) is 0 Å². The minimum atomic E-state index is -0.593. The number of ketones is 1. The van der Waals surface area contributed by atoms with Gasteiger partial charge in [0.15, 0.2) is 5.78 Å². The van der Waals surface area contributed by atoms with E-state index in [9.17, 15) is 9.18 Å². The van der Waals surface area contributed by atoms with Gasteiger partial charge in [0.05, 0.1) is 21.3 Å². The van der Waals surface area contributed by atoms with Crippen LogP contribution in [0.25, 0.3) is 0 Å². The molecular weight excluding hydrogens is 312 g/mol. The second-order valence-electron chi connectivity index (χ2n) is 3.81. The van der Waals surface area contributed by atoms with E-state index in [1.54, 1.807) is 0 Å². The summed E-state index contributed by atoms with van der Waals surface area (Å²) in [6.07, 6.45) is 0. The van der Waals surface area contributed by atoms with Gasteiger partial charge in [0.1, 0.15) is 5.82 Å². The molecule has 2 nitrogen and oxygen atoms in total. The third-order valence-electron chi connectivity index (χ3n) is 2.49. The fourth-order valence-corrected chi connectivity index (χ4v) is 2.58. The van der Waals surface area contributed by atoms with E-state index in [1.807, 2.05) is 0 Å². The largest absolute Gasteiger partial charge is 0.396 e. The Labute approximate surface area is 123 Å². The fourth-order valence-electron chi connectivity index (χ4n) is 1.59. The summed E-state index contributed by atoms with van der Waals surface area (Å²) in [5.74, 6) is -1.04. The van der Waals surface area contributed by atoms with Gasteiger partial charge < -0.3 is 5.73 Å². The van der Waals surface area contributed by atoms with Crippen LogP contribution in [-0.2, 0) is 0 Å². The number of hydrogen-bond donors (Lipinski definition) is 1. The highest BCUT2D eigenvalue weighted by Crippen LogP contribution is 2.31. The molecule has 2 aromatic carbocycles. The number of anilines is 1. The van der Waals surface area contributed by atoms with Crippen LogP contribution in [0.15, 0.2) is 30.3 Å². The molecular formula is C13H7Cl3FNO. The number of nitrogens with two attached hydrogens (primary N) is 1. The van der Waals surface area contributed by atoms with Gasteiger partial charge in [0, 0.05) is 10.6 Å². The lowest BCUT2D eigenvalue weighted by atomic mass is 10.0. The lowest BCUT2D eigenvalue weighted by Gasteiger charge is -2.08. The first kappa shape index (κ1) is 14.1. The van der Waals surface area contributed by atoms with Crippen molar-refractivity contribution in [1.82, 2.24) is 0 Å². The standard InChI is InChI=1S/C13H7Cl3FNO/c14-7-4-8(15)12(9(16)5-7)13(19)6-1-2-10(17)11(18)3-6/h1-5H,18H2. The normalized spacial score (nSPS) is 10.5. The third kappa shape index (κ3) is 2.84. The van der Waals surface area contributed by atoms with Crippen molar-refractivity contribution < 1.29 is 9.18 Å². The van der Waals surface area contributed by atoms with E-state index in [-0.39, 0.29) is 26.9 Å². The molecule has 0 spiro atoms. The lowest BCUT2D eigenvalue weighted by Crippen LogP contribution is -2.05. The number of rotatable bonds is 2. The summed E-state index contributed by atoms with van der Waals surface area (Å²) in [5, 5.41) is 0.584. The van der Waals surface area contributed by atoms with Gasteiger partial charge in [0.2, 0.25) is 0 Å². The van der Waals surface area contributed by atoms with E-state index in [4.69, 9.17) is 40.5 Å². The zero-order valence-electron chi connectivity index (χ0n) is 9.38. The number of carbonyl (C=O) groups excluding carboxylic acids is 1. The molecule has 0 saturated carbocycles. The Morgan fingerprint density at radius 1 is 1.05 bits per heavy atom.